The summed E-state index contributed by atoms with van der Waals surface area (Å²) in [6.07, 6.45) is 4.04. The molecule has 2 bridgehead atoms. The Morgan fingerprint density at radius 1 is 1.22 bits per heavy atom. The van der Waals surface area contributed by atoms with Gasteiger partial charge in [-0.1, -0.05) is 23.2 Å². The van der Waals surface area contributed by atoms with Gasteiger partial charge in [-0.15, -0.1) is 0 Å². The molecule has 7 heteroatoms. The van der Waals surface area contributed by atoms with Crippen LogP contribution in [0.1, 0.15) is 39.0 Å². The van der Waals surface area contributed by atoms with Crippen LogP contribution in [-0.2, 0) is 14.3 Å². The lowest BCUT2D eigenvalue weighted by Crippen LogP contribution is -2.47. The van der Waals surface area contributed by atoms with Crippen LogP contribution >= 0.6 is 23.2 Å². The number of nitrogens with one attached hydrogen (secondary N) is 1. The van der Waals surface area contributed by atoms with Crippen molar-refractivity contribution in [2.45, 2.75) is 45.1 Å². The molecule has 2 saturated carbocycles. The molecule has 1 amide bonds. The van der Waals surface area contributed by atoms with Crippen LogP contribution in [0.2, 0.25) is 10.0 Å². The zero-order valence-electron chi connectivity index (χ0n) is 15.4. The predicted octanol–water partition coefficient (Wildman–Crippen LogP) is 4.25. The summed E-state index contributed by atoms with van der Waals surface area (Å²) in [5.41, 5.74) is 0. The molecule has 2 aliphatic rings. The molecule has 1 N–H and O–H groups in total. The topological polar surface area (TPSA) is 64.6 Å². The third-order valence-electron chi connectivity index (χ3n) is 5.50. The summed E-state index contributed by atoms with van der Waals surface area (Å²) >= 11 is 11.9. The van der Waals surface area contributed by atoms with E-state index in [9.17, 15) is 9.59 Å². The third-order valence-corrected chi connectivity index (χ3v) is 6.03. The van der Waals surface area contributed by atoms with Gasteiger partial charge in [-0.25, -0.2) is 0 Å². The average Bonchev–Trinajstić information content (AvgIpc) is 3.22. The van der Waals surface area contributed by atoms with Crippen LogP contribution in [0.5, 0.6) is 5.75 Å². The highest BCUT2D eigenvalue weighted by Gasteiger charge is 2.52. The number of carbonyl (C=O) groups is 2. The molecule has 2 aliphatic carbocycles. The third kappa shape index (κ3) is 4.88. The molecule has 0 aliphatic heterocycles. The van der Waals surface area contributed by atoms with Gasteiger partial charge in [0.25, 0.3) is 0 Å². The SMILES string of the molecule is CCOC(=O)[C@@H]1[C@H]2CC[C@H](C2)[C@@H]1NC(=O)CCCOc1ccc(Cl)cc1Cl. The van der Waals surface area contributed by atoms with Crippen molar-refractivity contribution in [2.24, 2.45) is 17.8 Å². The number of hydrogen-bond acceptors (Lipinski definition) is 4. The van der Waals surface area contributed by atoms with Gasteiger partial charge in [0, 0.05) is 17.5 Å². The van der Waals surface area contributed by atoms with Crippen molar-refractivity contribution >= 4 is 35.1 Å². The smallest absolute Gasteiger partial charge is 0.311 e. The van der Waals surface area contributed by atoms with E-state index in [0.29, 0.717) is 53.7 Å². The molecule has 27 heavy (non-hydrogen) atoms. The summed E-state index contributed by atoms with van der Waals surface area (Å²) in [5, 5.41) is 4.08. The van der Waals surface area contributed by atoms with Crippen LogP contribution in [0.25, 0.3) is 0 Å². The molecule has 0 aromatic heterocycles. The van der Waals surface area contributed by atoms with E-state index in [4.69, 9.17) is 32.7 Å². The molecule has 4 atom stereocenters. The fourth-order valence-electron chi connectivity index (χ4n) is 4.34. The number of ether oxygens (including phenoxy) is 2. The zero-order valence-corrected chi connectivity index (χ0v) is 16.9. The van der Waals surface area contributed by atoms with Gasteiger partial charge in [0.15, 0.2) is 0 Å². The first-order valence-electron chi connectivity index (χ1n) is 9.53. The number of amides is 1. The number of hydrogen-bond donors (Lipinski definition) is 1. The molecule has 3 rings (SSSR count). The Labute approximate surface area is 169 Å². The second kappa shape index (κ2) is 9.16. The second-order valence-corrected chi connectivity index (χ2v) is 8.07. The number of esters is 1. The first kappa shape index (κ1) is 20.3. The largest absolute Gasteiger partial charge is 0.492 e. The van der Waals surface area contributed by atoms with Crippen LogP contribution in [0.3, 0.4) is 0 Å². The van der Waals surface area contributed by atoms with Crippen LogP contribution in [0.4, 0.5) is 0 Å². The summed E-state index contributed by atoms with van der Waals surface area (Å²) in [7, 11) is 0. The number of carbonyl (C=O) groups excluding carboxylic acids is 2. The summed E-state index contributed by atoms with van der Waals surface area (Å²) in [6, 6.07) is 4.95. The maximum atomic E-state index is 12.4. The molecule has 0 saturated heterocycles. The highest BCUT2D eigenvalue weighted by molar-refractivity contribution is 6.35. The van der Waals surface area contributed by atoms with Crippen LogP contribution < -0.4 is 10.1 Å². The first-order valence-corrected chi connectivity index (χ1v) is 10.3. The summed E-state index contributed by atoms with van der Waals surface area (Å²) < 4.78 is 10.8. The molecule has 148 valence electrons. The number of rotatable bonds is 8. The van der Waals surface area contributed by atoms with Crippen LogP contribution in [0, 0.1) is 17.8 Å². The molecule has 0 heterocycles. The van der Waals surface area contributed by atoms with Gasteiger partial charge < -0.3 is 14.8 Å². The van der Waals surface area contributed by atoms with E-state index in [-0.39, 0.29) is 23.8 Å². The molecule has 5 nitrogen and oxygen atoms in total. The molecule has 2 fully saturated rings. The van der Waals surface area contributed by atoms with Crippen molar-refractivity contribution in [1.82, 2.24) is 5.32 Å². The van der Waals surface area contributed by atoms with Crippen molar-refractivity contribution < 1.29 is 19.1 Å². The molecule has 1 aromatic rings. The van der Waals surface area contributed by atoms with Crippen molar-refractivity contribution in [2.75, 3.05) is 13.2 Å². The molecule has 0 radical (unpaired) electrons. The minimum absolute atomic E-state index is 0.0485. The lowest BCUT2D eigenvalue weighted by molar-refractivity contribution is -0.151. The van der Waals surface area contributed by atoms with E-state index >= 15 is 0 Å². The van der Waals surface area contributed by atoms with Crippen LogP contribution in [-0.4, -0.2) is 31.1 Å². The van der Waals surface area contributed by atoms with Crippen molar-refractivity contribution in [3.8, 4) is 5.75 Å². The van der Waals surface area contributed by atoms with Gasteiger partial charge in [-0.3, -0.25) is 9.59 Å². The van der Waals surface area contributed by atoms with Gasteiger partial charge in [0.2, 0.25) is 5.91 Å². The Hall–Kier alpha value is -1.46. The van der Waals surface area contributed by atoms with Gasteiger partial charge in [0.05, 0.1) is 24.2 Å². The Kier molecular flexibility index (Phi) is 6.88. The maximum Gasteiger partial charge on any atom is 0.311 e. The van der Waals surface area contributed by atoms with Crippen LogP contribution in [0.15, 0.2) is 18.2 Å². The quantitative estimate of drug-likeness (QED) is 0.510. The number of halogens is 2. The van der Waals surface area contributed by atoms with Gasteiger partial charge in [-0.05, 0) is 62.6 Å². The van der Waals surface area contributed by atoms with Gasteiger partial charge in [-0.2, -0.15) is 0 Å². The minimum atomic E-state index is -0.197. The van der Waals surface area contributed by atoms with E-state index in [1.165, 1.54) is 0 Å². The number of fused-ring (bicyclic) bond motifs is 2. The Morgan fingerprint density at radius 3 is 2.74 bits per heavy atom. The zero-order chi connectivity index (χ0) is 19.4. The standard InChI is InChI=1S/C20H25Cl2NO4/c1-2-26-20(25)18-12-5-6-13(10-12)19(18)23-17(24)4-3-9-27-16-8-7-14(21)11-15(16)22/h7-8,11-13,18-19H,2-6,9-10H2,1H3,(H,23,24)/t12-,13+,18+,19-/m0/s1. The normalized spacial score (nSPS) is 26.0. The lowest BCUT2D eigenvalue weighted by atomic mass is 9.84. The molecular weight excluding hydrogens is 389 g/mol. The fourth-order valence-corrected chi connectivity index (χ4v) is 4.80. The summed E-state index contributed by atoms with van der Waals surface area (Å²) in [6.45, 7) is 2.57. The molecule has 0 unspecified atom stereocenters. The van der Waals surface area contributed by atoms with E-state index < -0.39 is 0 Å². The predicted molar refractivity (Wildman–Crippen MR) is 104 cm³/mol. The fraction of sp³-hybridized carbons (Fsp3) is 0.600. The molecule has 1 aromatic carbocycles. The highest BCUT2D eigenvalue weighted by Crippen LogP contribution is 2.49. The van der Waals surface area contributed by atoms with E-state index in [1.54, 1.807) is 18.2 Å². The summed E-state index contributed by atoms with van der Waals surface area (Å²) in [5.74, 6) is 0.865. The van der Waals surface area contributed by atoms with Crippen molar-refractivity contribution in [1.29, 1.82) is 0 Å². The maximum absolute atomic E-state index is 12.4. The monoisotopic (exact) mass is 413 g/mol. The number of benzene rings is 1. The van der Waals surface area contributed by atoms with Gasteiger partial charge >= 0.3 is 5.97 Å². The lowest BCUT2D eigenvalue weighted by Gasteiger charge is -2.30. The molecular formula is C20H25Cl2NO4. The first-order chi connectivity index (χ1) is 13.0. The van der Waals surface area contributed by atoms with E-state index in [1.807, 2.05) is 6.92 Å². The van der Waals surface area contributed by atoms with Crippen molar-refractivity contribution in [3.05, 3.63) is 28.2 Å². The van der Waals surface area contributed by atoms with E-state index in [2.05, 4.69) is 5.32 Å². The average molecular weight is 414 g/mol. The van der Waals surface area contributed by atoms with Crippen molar-refractivity contribution in [3.63, 3.8) is 0 Å². The Balaban J connectivity index is 1.45. The summed E-state index contributed by atoms with van der Waals surface area (Å²) in [4.78, 5) is 24.6. The Bertz CT molecular complexity index is 697. The minimum Gasteiger partial charge on any atom is -0.492 e. The highest BCUT2D eigenvalue weighted by atomic mass is 35.5. The van der Waals surface area contributed by atoms with E-state index in [0.717, 1.165) is 19.3 Å². The molecule has 0 spiro atoms. The second-order valence-electron chi connectivity index (χ2n) is 7.23. The Morgan fingerprint density at radius 2 is 2.00 bits per heavy atom. The van der Waals surface area contributed by atoms with Gasteiger partial charge in [0.1, 0.15) is 5.75 Å².